The Morgan fingerprint density at radius 1 is 1.04 bits per heavy atom. The minimum atomic E-state index is -4.77. The first-order valence-corrected chi connectivity index (χ1v) is 8.29. The van der Waals surface area contributed by atoms with E-state index in [1.165, 1.54) is 12.1 Å². The Bertz CT molecular complexity index is 912. The van der Waals surface area contributed by atoms with Crippen molar-refractivity contribution in [3.8, 4) is 17.2 Å². The fourth-order valence-corrected chi connectivity index (χ4v) is 2.41. The van der Waals surface area contributed by atoms with Crippen molar-refractivity contribution in [2.75, 3.05) is 13.2 Å². The Kier molecular flexibility index (Phi) is 5.83. The van der Waals surface area contributed by atoms with Crippen molar-refractivity contribution in [1.29, 1.82) is 0 Å². The third-order valence-corrected chi connectivity index (χ3v) is 3.59. The van der Waals surface area contributed by atoms with Crippen LogP contribution in [-0.2, 0) is 6.18 Å². The van der Waals surface area contributed by atoms with Crippen molar-refractivity contribution >= 4 is 6.09 Å². The first kappa shape index (κ1) is 19.3. The number of ether oxygens (including phenoxy) is 2. The summed E-state index contributed by atoms with van der Waals surface area (Å²) in [4.78, 5) is 11.9. The van der Waals surface area contributed by atoms with Gasteiger partial charge in [0.15, 0.2) is 11.4 Å². The van der Waals surface area contributed by atoms with E-state index in [0.717, 1.165) is 6.20 Å². The molecule has 1 amide bonds. The number of hydrogen-bond donors (Lipinski definition) is 1. The molecule has 146 valence electrons. The molecule has 0 aliphatic rings. The minimum absolute atomic E-state index is 0.0574. The molecule has 0 bridgehead atoms. The van der Waals surface area contributed by atoms with Gasteiger partial charge in [-0.25, -0.2) is 9.48 Å². The molecule has 0 aliphatic carbocycles. The van der Waals surface area contributed by atoms with Crippen molar-refractivity contribution in [3.05, 3.63) is 72.6 Å². The van der Waals surface area contributed by atoms with Gasteiger partial charge < -0.3 is 14.8 Å². The molecule has 0 unspecified atom stereocenters. The number of carbonyl (C=O) groups excluding carboxylic acids is 1. The van der Waals surface area contributed by atoms with Crippen LogP contribution in [0.15, 0.2) is 66.9 Å². The van der Waals surface area contributed by atoms with Crippen LogP contribution in [-0.4, -0.2) is 29.0 Å². The molecule has 9 heteroatoms. The van der Waals surface area contributed by atoms with Crippen LogP contribution in [0.3, 0.4) is 0 Å². The highest BCUT2D eigenvalue weighted by molar-refractivity contribution is 5.70. The smallest absolute Gasteiger partial charge is 0.437 e. The summed E-state index contributed by atoms with van der Waals surface area (Å²) in [5.74, 6) is -0.0704. The van der Waals surface area contributed by atoms with Gasteiger partial charge in [-0.15, -0.1) is 0 Å². The Morgan fingerprint density at radius 3 is 2.32 bits per heavy atom. The summed E-state index contributed by atoms with van der Waals surface area (Å²) in [6.45, 7) is 0.191. The summed E-state index contributed by atoms with van der Waals surface area (Å²) in [5, 5.41) is 6.05. The van der Waals surface area contributed by atoms with E-state index in [9.17, 15) is 18.0 Å². The summed E-state index contributed by atoms with van der Waals surface area (Å²) in [6, 6.07) is 16.7. The standard InChI is InChI=1S/C19H16F3N3O3/c20-19(21,22)17-16(13-24-25(17)14-7-3-1-4-8-14)28-18(26)23-11-12-27-15-9-5-2-6-10-15/h1-10,13H,11-12H2,(H,23,26). The summed E-state index contributed by atoms with van der Waals surface area (Å²) >= 11 is 0. The molecule has 0 fully saturated rings. The number of hydrogen-bond acceptors (Lipinski definition) is 4. The van der Waals surface area contributed by atoms with Crippen molar-refractivity contribution in [1.82, 2.24) is 15.1 Å². The molecular formula is C19H16F3N3O3. The Labute approximate surface area is 158 Å². The summed E-state index contributed by atoms with van der Waals surface area (Å²) in [5.41, 5.74) is -0.976. The van der Waals surface area contributed by atoms with Gasteiger partial charge in [0.25, 0.3) is 0 Å². The van der Waals surface area contributed by atoms with Gasteiger partial charge in [-0.3, -0.25) is 0 Å². The second kappa shape index (κ2) is 8.47. The maximum absolute atomic E-state index is 13.5. The average Bonchev–Trinajstić information content (AvgIpc) is 3.11. The zero-order valence-corrected chi connectivity index (χ0v) is 14.5. The molecule has 0 spiro atoms. The number of nitrogens with zero attached hydrogens (tertiary/aromatic N) is 2. The Balaban J connectivity index is 1.63. The van der Waals surface area contributed by atoms with Crippen LogP contribution in [0.4, 0.5) is 18.0 Å². The van der Waals surface area contributed by atoms with Crippen LogP contribution in [0.25, 0.3) is 5.69 Å². The number of rotatable bonds is 6. The molecular weight excluding hydrogens is 375 g/mol. The highest BCUT2D eigenvalue weighted by Gasteiger charge is 2.40. The topological polar surface area (TPSA) is 65.4 Å². The zero-order chi connectivity index (χ0) is 20.0. The molecule has 0 saturated heterocycles. The van der Waals surface area contributed by atoms with Crippen molar-refractivity contribution in [2.45, 2.75) is 6.18 Å². The predicted molar refractivity (Wildman–Crippen MR) is 94.5 cm³/mol. The number of alkyl halides is 3. The molecule has 0 saturated carbocycles. The highest BCUT2D eigenvalue weighted by atomic mass is 19.4. The monoisotopic (exact) mass is 391 g/mol. The quantitative estimate of drug-likeness (QED) is 0.644. The van der Waals surface area contributed by atoms with Gasteiger partial charge in [0.1, 0.15) is 12.4 Å². The van der Waals surface area contributed by atoms with Crippen LogP contribution in [0.1, 0.15) is 5.69 Å². The van der Waals surface area contributed by atoms with E-state index < -0.39 is 23.7 Å². The molecule has 1 heterocycles. The van der Waals surface area contributed by atoms with Crippen LogP contribution in [0.2, 0.25) is 0 Å². The normalized spacial score (nSPS) is 11.1. The van der Waals surface area contributed by atoms with E-state index in [2.05, 4.69) is 10.4 Å². The van der Waals surface area contributed by atoms with E-state index >= 15 is 0 Å². The van der Waals surface area contributed by atoms with Gasteiger partial charge in [-0.2, -0.15) is 18.3 Å². The molecule has 1 N–H and O–H groups in total. The third-order valence-electron chi connectivity index (χ3n) is 3.59. The number of para-hydroxylation sites is 2. The molecule has 6 nitrogen and oxygen atoms in total. The molecule has 0 aliphatic heterocycles. The van der Waals surface area contributed by atoms with Gasteiger partial charge in [-0.1, -0.05) is 36.4 Å². The van der Waals surface area contributed by atoms with Gasteiger partial charge in [0.05, 0.1) is 18.4 Å². The number of benzene rings is 2. The van der Waals surface area contributed by atoms with Crippen LogP contribution < -0.4 is 14.8 Å². The van der Waals surface area contributed by atoms with Crippen LogP contribution >= 0.6 is 0 Å². The largest absolute Gasteiger partial charge is 0.492 e. The lowest BCUT2D eigenvalue weighted by Crippen LogP contribution is -2.31. The van der Waals surface area contributed by atoms with E-state index in [4.69, 9.17) is 9.47 Å². The van der Waals surface area contributed by atoms with Crippen molar-refractivity contribution in [3.63, 3.8) is 0 Å². The van der Waals surface area contributed by atoms with E-state index in [1.54, 1.807) is 42.5 Å². The van der Waals surface area contributed by atoms with Gasteiger partial charge in [-0.05, 0) is 24.3 Å². The van der Waals surface area contributed by atoms with Crippen LogP contribution in [0, 0.1) is 0 Å². The molecule has 0 radical (unpaired) electrons. The first-order valence-electron chi connectivity index (χ1n) is 8.29. The fraction of sp³-hybridized carbons (Fsp3) is 0.158. The first-order chi connectivity index (χ1) is 13.4. The lowest BCUT2D eigenvalue weighted by molar-refractivity contribution is -0.143. The second-order valence-corrected chi connectivity index (χ2v) is 5.58. The third kappa shape index (κ3) is 4.81. The van der Waals surface area contributed by atoms with Crippen LogP contribution in [0.5, 0.6) is 11.5 Å². The maximum Gasteiger partial charge on any atom is 0.437 e. The highest BCUT2D eigenvalue weighted by Crippen LogP contribution is 2.37. The Hall–Kier alpha value is -3.49. The molecule has 1 aromatic heterocycles. The maximum atomic E-state index is 13.5. The number of aromatic nitrogens is 2. The van der Waals surface area contributed by atoms with E-state index in [-0.39, 0.29) is 18.8 Å². The van der Waals surface area contributed by atoms with Crippen molar-refractivity contribution in [2.24, 2.45) is 0 Å². The Morgan fingerprint density at radius 2 is 1.68 bits per heavy atom. The lowest BCUT2D eigenvalue weighted by atomic mass is 10.3. The SMILES string of the molecule is O=C(NCCOc1ccccc1)Oc1cnn(-c2ccccc2)c1C(F)(F)F. The van der Waals surface area contributed by atoms with Crippen molar-refractivity contribution < 1.29 is 27.4 Å². The molecule has 3 rings (SSSR count). The molecule has 2 aromatic carbocycles. The predicted octanol–water partition coefficient (Wildman–Crippen LogP) is 4.06. The summed E-state index contributed by atoms with van der Waals surface area (Å²) in [6.07, 6.45) is -4.94. The average molecular weight is 391 g/mol. The molecule has 28 heavy (non-hydrogen) atoms. The lowest BCUT2D eigenvalue weighted by Gasteiger charge is -2.13. The molecule has 0 atom stereocenters. The minimum Gasteiger partial charge on any atom is -0.492 e. The number of amides is 1. The summed E-state index contributed by atoms with van der Waals surface area (Å²) in [7, 11) is 0. The van der Waals surface area contributed by atoms with Gasteiger partial charge >= 0.3 is 12.3 Å². The van der Waals surface area contributed by atoms with Gasteiger partial charge in [0, 0.05) is 0 Å². The zero-order valence-electron chi connectivity index (χ0n) is 14.5. The second-order valence-electron chi connectivity index (χ2n) is 5.58. The number of halogens is 3. The van der Waals surface area contributed by atoms with E-state index in [1.807, 2.05) is 6.07 Å². The number of nitrogens with one attached hydrogen (secondary N) is 1. The van der Waals surface area contributed by atoms with E-state index in [0.29, 0.717) is 10.4 Å². The fourth-order valence-electron chi connectivity index (χ4n) is 2.41. The number of carbonyl (C=O) groups is 1. The van der Waals surface area contributed by atoms with Gasteiger partial charge in [0.2, 0.25) is 0 Å². The summed E-state index contributed by atoms with van der Waals surface area (Å²) < 4.78 is 51.3. The molecule has 3 aromatic rings.